The zero-order valence-electron chi connectivity index (χ0n) is 7.85. The lowest BCUT2D eigenvalue weighted by atomic mass is 10.1. The summed E-state index contributed by atoms with van der Waals surface area (Å²) in [6, 6.07) is 2.20. The second-order valence-corrected chi connectivity index (χ2v) is 2.86. The van der Waals surface area contributed by atoms with E-state index in [1.165, 1.54) is 6.08 Å². The number of nitrogen functional groups attached to an aromatic ring is 1. The molecule has 0 saturated carbocycles. The normalized spacial score (nSPS) is 11.1. The van der Waals surface area contributed by atoms with E-state index in [1.54, 1.807) is 13.1 Å². The first-order valence-corrected chi connectivity index (χ1v) is 4.21. The Morgan fingerprint density at radius 2 is 1.93 bits per heavy atom. The first-order valence-electron chi connectivity index (χ1n) is 4.21. The van der Waals surface area contributed by atoms with Crippen molar-refractivity contribution in [2.24, 2.45) is 0 Å². The molecule has 0 bridgehead atoms. The van der Waals surface area contributed by atoms with Crippen molar-refractivity contribution >= 4 is 11.8 Å². The number of rotatable bonds is 3. The van der Waals surface area contributed by atoms with Crippen molar-refractivity contribution in [2.45, 2.75) is 0 Å². The summed E-state index contributed by atoms with van der Waals surface area (Å²) in [6.07, 6.45) is 3.03. The summed E-state index contributed by atoms with van der Waals surface area (Å²) in [5, 5.41) is 2.83. The van der Waals surface area contributed by atoms with Gasteiger partial charge in [-0.3, -0.25) is 0 Å². The quantitative estimate of drug-likeness (QED) is 0.726. The monoisotopic (exact) mass is 198 g/mol. The molecule has 0 aromatic heterocycles. The Kier molecular flexibility index (Phi) is 3.59. The lowest BCUT2D eigenvalue weighted by molar-refractivity contribution is 0.580. The van der Waals surface area contributed by atoms with Crippen LogP contribution in [0, 0.1) is 11.6 Å². The average molecular weight is 198 g/mol. The van der Waals surface area contributed by atoms with Crippen molar-refractivity contribution < 1.29 is 8.78 Å². The minimum absolute atomic E-state index is 0.0607. The Labute approximate surface area is 81.4 Å². The predicted molar refractivity (Wildman–Crippen MR) is 53.7 cm³/mol. The third-order valence-electron chi connectivity index (χ3n) is 1.71. The second-order valence-electron chi connectivity index (χ2n) is 2.86. The molecule has 0 fully saturated rings. The van der Waals surface area contributed by atoms with E-state index < -0.39 is 11.6 Å². The summed E-state index contributed by atoms with van der Waals surface area (Å²) in [5.41, 5.74) is 5.29. The van der Waals surface area contributed by atoms with Crippen LogP contribution in [0.3, 0.4) is 0 Å². The minimum atomic E-state index is -0.644. The summed E-state index contributed by atoms with van der Waals surface area (Å²) < 4.78 is 26.3. The van der Waals surface area contributed by atoms with Gasteiger partial charge in [0.1, 0.15) is 11.6 Å². The number of nitrogens with two attached hydrogens (primary N) is 1. The van der Waals surface area contributed by atoms with Crippen molar-refractivity contribution in [3.8, 4) is 0 Å². The summed E-state index contributed by atoms with van der Waals surface area (Å²) in [4.78, 5) is 0. The highest BCUT2D eigenvalue weighted by Gasteiger charge is 2.06. The summed E-state index contributed by atoms with van der Waals surface area (Å²) in [5.74, 6) is -1.29. The molecule has 0 heterocycles. The molecule has 76 valence electrons. The Hall–Kier alpha value is -1.42. The van der Waals surface area contributed by atoms with E-state index in [0.29, 0.717) is 6.54 Å². The topological polar surface area (TPSA) is 38.0 Å². The Morgan fingerprint density at radius 3 is 2.43 bits per heavy atom. The fraction of sp³-hybridized carbons (Fsp3) is 0.200. The first-order chi connectivity index (χ1) is 6.65. The number of benzene rings is 1. The van der Waals surface area contributed by atoms with Crippen LogP contribution in [0.15, 0.2) is 18.2 Å². The molecule has 1 aromatic carbocycles. The molecular weight excluding hydrogens is 186 g/mol. The van der Waals surface area contributed by atoms with Gasteiger partial charge in [0.15, 0.2) is 0 Å². The minimum Gasteiger partial charge on any atom is -0.399 e. The number of halogens is 2. The van der Waals surface area contributed by atoms with Crippen LogP contribution in [0.25, 0.3) is 6.08 Å². The van der Waals surface area contributed by atoms with Gasteiger partial charge in [0.05, 0.1) is 0 Å². The average Bonchev–Trinajstić information content (AvgIpc) is 2.09. The van der Waals surface area contributed by atoms with Crippen LogP contribution in [-0.4, -0.2) is 13.6 Å². The van der Waals surface area contributed by atoms with E-state index in [-0.39, 0.29) is 11.3 Å². The van der Waals surface area contributed by atoms with E-state index in [9.17, 15) is 8.78 Å². The van der Waals surface area contributed by atoms with Gasteiger partial charge < -0.3 is 11.1 Å². The highest BCUT2D eigenvalue weighted by Crippen LogP contribution is 2.17. The lowest BCUT2D eigenvalue weighted by Gasteiger charge is -2.01. The van der Waals surface area contributed by atoms with Crippen LogP contribution < -0.4 is 11.1 Å². The van der Waals surface area contributed by atoms with Gasteiger partial charge in [0, 0.05) is 17.8 Å². The van der Waals surface area contributed by atoms with E-state index >= 15 is 0 Å². The van der Waals surface area contributed by atoms with Crippen molar-refractivity contribution in [2.75, 3.05) is 19.3 Å². The number of nitrogens with one attached hydrogen (secondary N) is 1. The maximum absolute atomic E-state index is 13.1. The molecule has 0 atom stereocenters. The van der Waals surface area contributed by atoms with Gasteiger partial charge in [-0.2, -0.15) is 0 Å². The third-order valence-corrected chi connectivity index (χ3v) is 1.71. The number of hydrogen-bond acceptors (Lipinski definition) is 2. The molecule has 0 aliphatic carbocycles. The van der Waals surface area contributed by atoms with Crippen LogP contribution in [-0.2, 0) is 0 Å². The Morgan fingerprint density at radius 1 is 1.36 bits per heavy atom. The maximum atomic E-state index is 13.1. The molecule has 0 spiro atoms. The molecule has 4 heteroatoms. The molecule has 0 aliphatic rings. The van der Waals surface area contributed by atoms with Crippen molar-refractivity contribution in [1.29, 1.82) is 0 Å². The Bertz CT molecular complexity index is 325. The molecule has 2 nitrogen and oxygen atoms in total. The van der Waals surface area contributed by atoms with Gasteiger partial charge in [0.25, 0.3) is 0 Å². The molecular formula is C10H12F2N2. The molecule has 3 N–H and O–H groups in total. The molecule has 0 amide bonds. The zero-order valence-corrected chi connectivity index (χ0v) is 7.85. The number of hydrogen-bond donors (Lipinski definition) is 2. The SMILES string of the molecule is CNCC=Cc1c(F)cc(N)cc1F. The van der Waals surface area contributed by atoms with Gasteiger partial charge in [-0.25, -0.2) is 8.78 Å². The summed E-state index contributed by atoms with van der Waals surface area (Å²) in [6.45, 7) is 0.559. The van der Waals surface area contributed by atoms with E-state index in [2.05, 4.69) is 5.32 Å². The van der Waals surface area contributed by atoms with Crippen molar-refractivity contribution in [1.82, 2.24) is 5.32 Å². The molecule has 0 saturated heterocycles. The van der Waals surface area contributed by atoms with Crippen LogP contribution >= 0.6 is 0 Å². The molecule has 1 rings (SSSR count). The highest BCUT2D eigenvalue weighted by molar-refractivity contribution is 5.55. The van der Waals surface area contributed by atoms with Crippen LogP contribution in [0.1, 0.15) is 5.56 Å². The molecule has 1 aromatic rings. The molecule has 14 heavy (non-hydrogen) atoms. The molecule has 0 aliphatic heterocycles. The van der Waals surface area contributed by atoms with E-state index in [4.69, 9.17) is 5.73 Å². The van der Waals surface area contributed by atoms with E-state index in [1.807, 2.05) is 0 Å². The lowest BCUT2D eigenvalue weighted by Crippen LogP contribution is -2.04. The largest absolute Gasteiger partial charge is 0.399 e. The number of likely N-dealkylation sites (N-methyl/N-ethyl adjacent to an activating group) is 1. The van der Waals surface area contributed by atoms with Crippen molar-refractivity contribution in [3.05, 3.63) is 35.4 Å². The van der Waals surface area contributed by atoms with Crippen LogP contribution in [0.2, 0.25) is 0 Å². The number of anilines is 1. The van der Waals surface area contributed by atoms with Gasteiger partial charge in [-0.15, -0.1) is 0 Å². The predicted octanol–water partition coefficient (Wildman–Crippen LogP) is 1.78. The first kappa shape index (κ1) is 10.7. The van der Waals surface area contributed by atoms with Gasteiger partial charge in [0.2, 0.25) is 0 Å². The summed E-state index contributed by atoms with van der Waals surface area (Å²) in [7, 11) is 1.75. The summed E-state index contributed by atoms with van der Waals surface area (Å²) >= 11 is 0. The fourth-order valence-corrected chi connectivity index (χ4v) is 1.06. The van der Waals surface area contributed by atoms with Gasteiger partial charge in [-0.05, 0) is 19.2 Å². The van der Waals surface area contributed by atoms with Gasteiger partial charge >= 0.3 is 0 Å². The van der Waals surface area contributed by atoms with Crippen LogP contribution in [0.5, 0.6) is 0 Å². The zero-order chi connectivity index (χ0) is 10.6. The molecule has 0 unspecified atom stereocenters. The van der Waals surface area contributed by atoms with Crippen molar-refractivity contribution in [3.63, 3.8) is 0 Å². The highest BCUT2D eigenvalue weighted by atomic mass is 19.1. The van der Waals surface area contributed by atoms with Crippen LogP contribution in [0.4, 0.5) is 14.5 Å². The standard InChI is InChI=1S/C10H12F2N2/c1-14-4-2-3-8-9(11)5-7(13)6-10(8)12/h2-3,5-6,14H,4,13H2,1H3. The van der Waals surface area contributed by atoms with Gasteiger partial charge in [-0.1, -0.05) is 12.2 Å². The van der Waals surface area contributed by atoms with E-state index in [0.717, 1.165) is 12.1 Å². The smallest absolute Gasteiger partial charge is 0.135 e. The molecule has 0 radical (unpaired) electrons. The fourth-order valence-electron chi connectivity index (χ4n) is 1.06. The second kappa shape index (κ2) is 4.72. The maximum Gasteiger partial charge on any atom is 0.135 e. The Balaban J connectivity index is 2.96. The third kappa shape index (κ3) is 2.53.